The van der Waals surface area contributed by atoms with Crippen molar-refractivity contribution in [2.24, 2.45) is 0 Å². The van der Waals surface area contributed by atoms with E-state index in [4.69, 9.17) is 4.74 Å². The van der Waals surface area contributed by atoms with Gasteiger partial charge in [0.1, 0.15) is 17.6 Å². The number of rotatable bonds is 7. The smallest absolute Gasteiger partial charge is 0.295 e. The van der Waals surface area contributed by atoms with Gasteiger partial charge in [0.05, 0.1) is 11.6 Å². The highest BCUT2D eigenvalue weighted by molar-refractivity contribution is 6.46. The van der Waals surface area contributed by atoms with Gasteiger partial charge in [-0.15, -0.1) is 0 Å². The van der Waals surface area contributed by atoms with Crippen molar-refractivity contribution in [2.45, 2.75) is 65.5 Å². The Morgan fingerprint density at radius 2 is 1.75 bits per heavy atom. The second-order valence-electron chi connectivity index (χ2n) is 10.8. The number of amides is 1. The predicted octanol–water partition coefficient (Wildman–Crippen LogP) is 5.07. The van der Waals surface area contributed by atoms with Crippen molar-refractivity contribution in [1.82, 2.24) is 9.80 Å². The number of likely N-dealkylation sites (N-methyl/N-ethyl adjacent to an activating group) is 1. The summed E-state index contributed by atoms with van der Waals surface area (Å²) in [4.78, 5) is 30.5. The van der Waals surface area contributed by atoms with Gasteiger partial charge in [0.2, 0.25) is 0 Å². The number of aliphatic hydroxyl groups is 1. The van der Waals surface area contributed by atoms with Crippen LogP contribution in [-0.4, -0.2) is 58.9 Å². The van der Waals surface area contributed by atoms with Crippen LogP contribution in [0.25, 0.3) is 5.76 Å². The normalized spacial score (nSPS) is 21.2. The van der Waals surface area contributed by atoms with Crippen LogP contribution in [-0.2, 0) is 21.4 Å². The monoisotopic (exact) mass is 490 g/mol. The van der Waals surface area contributed by atoms with Gasteiger partial charge in [-0.2, -0.15) is 0 Å². The van der Waals surface area contributed by atoms with Crippen LogP contribution in [0.2, 0.25) is 0 Å². The lowest BCUT2D eigenvalue weighted by atomic mass is 9.85. The van der Waals surface area contributed by atoms with E-state index in [1.165, 1.54) is 5.56 Å². The van der Waals surface area contributed by atoms with Gasteiger partial charge < -0.3 is 19.6 Å². The Bertz CT molecular complexity index is 1170. The van der Waals surface area contributed by atoms with E-state index in [0.29, 0.717) is 18.7 Å². The number of hydrogen-bond donors (Lipinski definition) is 1. The fourth-order valence-electron chi connectivity index (χ4n) is 5.14. The van der Waals surface area contributed by atoms with Crippen molar-refractivity contribution in [2.75, 3.05) is 26.2 Å². The fourth-order valence-corrected chi connectivity index (χ4v) is 5.14. The number of fused-ring (bicyclic) bond motifs is 1. The maximum absolute atomic E-state index is 13.4. The van der Waals surface area contributed by atoms with E-state index in [1.54, 1.807) is 11.0 Å². The summed E-state index contributed by atoms with van der Waals surface area (Å²) in [5.74, 6) is -0.534. The summed E-state index contributed by atoms with van der Waals surface area (Å²) in [6.45, 7) is 15.4. The highest BCUT2D eigenvalue weighted by atomic mass is 16.5. The molecule has 192 valence electrons. The summed E-state index contributed by atoms with van der Waals surface area (Å²) in [6.07, 6.45) is 0.816. The SMILES string of the molecule is CCN(CC)CCN1C(=O)C(=O)C(=C(O)c2ccc3c(c2)CC(C)O3)C1c1ccc(C(C)(C)C)cc1. The number of ether oxygens (including phenoxy) is 1. The van der Waals surface area contributed by atoms with Gasteiger partial charge in [0.15, 0.2) is 0 Å². The van der Waals surface area contributed by atoms with Crippen molar-refractivity contribution in [3.8, 4) is 5.75 Å². The van der Waals surface area contributed by atoms with Crippen LogP contribution in [0.1, 0.15) is 69.8 Å². The Morgan fingerprint density at radius 3 is 2.36 bits per heavy atom. The highest BCUT2D eigenvalue weighted by Gasteiger charge is 2.46. The maximum atomic E-state index is 13.4. The first-order valence-electron chi connectivity index (χ1n) is 13.0. The van der Waals surface area contributed by atoms with Gasteiger partial charge in [0.25, 0.3) is 11.7 Å². The molecule has 0 aliphatic carbocycles. The second-order valence-corrected chi connectivity index (χ2v) is 10.8. The van der Waals surface area contributed by atoms with Crippen molar-refractivity contribution in [3.63, 3.8) is 0 Å². The van der Waals surface area contributed by atoms with Gasteiger partial charge in [-0.1, -0.05) is 58.9 Å². The molecule has 2 aromatic carbocycles. The summed E-state index contributed by atoms with van der Waals surface area (Å²) < 4.78 is 5.80. The molecular formula is C30H38N2O4. The van der Waals surface area contributed by atoms with Crippen LogP contribution in [0.15, 0.2) is 48.0 Å². The molecule has 1 saturated heterocycles. The largest absolute Gasteiger partial charge is 0.507 e. The summed E-state index contributed by atoms with van der Waals surface area (Å²) >= 11 is 0. The van der Waals surface area contributed by atoms with E-state index >= 15 is 0 Å². The van der Waals surface area contributed by atoms with Crippen molar-refractivity contribution in [1.29, 1.82) is 0 Å². The van der Waals surface area contributed by atoms with Crippen molar-refractivity contribution in [3.05, 3.63) is 70.3 Å². The number of hydrogen-bond acceptors (Lipinski definition) is 5. The highest BCUT2D eigenvalue weighted by Crippen LogP contribution is 2.41. The lowest BCUT2D eigenvalue weighted by Gasteiger charge is -2.28. The minimum absolute atomic E-state index is 0.0211. The lowest BCUT2D eigenvalue weighted by molar-refractivity contribution is -0.140. The zero-order chi connectivity index (χ0) is 26.2. The van der Waals surface area contributed by atoms with Crippen LogP contribution in [0, 0.1) is 0 Å². The molecule has 36 heavy (non-hydrogen) atoms. The Kier molecular flexibility index (Phi) is 7.28. The molecule has 4 rings (SSSR count). The van der Waals surface area contributed by atoms with Crippen LogP contribution in [0.4, 0.5) is 0 Å². The molecule has 2 aromatic rings. The number of carbonyl (C=O) groups is 2. The predicted molar refractivity (Wildman–Crippen MR) is 142 cm³/mol. The Labute approximate surface area is 214 Å². The van der Waals surface area contributed by atoms with E-state index in [2.05, 4.69) is 39.5 Å². The number of aliphatic hydroxyl groups excluding tert-OH is 1. The molecule has 2 aliphatic rings. The van der Waals surface area contributed by atoms with Crippen molar-refractivity contribution < 1.29 is 19.4 Å². The summed E-state index contributed by atoms with van der Waals surface area (Å²) in [6, 6.07) is 12.9. The Hall–Kier alpha value is -3.12. The third-order valence-corrected chi connectivity index (χ3v) is 7.35. The molecule has 2 unspecified atom stereocenters. The zero-order valence-electron chi connectivity index (χ0n) is 22.3. The minimum Gasteiger partial charge on any atom is -0.507 e. The molecule has 2 aliphatic heterocycles. The Balaban J connectivity index is 1.79. The average molecular weight is 491 g/mol. The van der Waals surface area contributed by atoms with Gasteiger partial charge in [-0.3, -0.25) is 9.59 Å². The number of benzene rings is 2. The topological polar surface area (TPSA) is 70.1 Å². The van der Waals surface area contributed by atoms with Crippen LogP contribution in [0.5, 0.6) is 5.75 Å². The lowest BCUT2D eigenvalue weighted by Crippen LogP contribution is -2.38. The van der Waals surface area contributed by atoms with Crippen LogP contribution < -0.4 is 4.74 Å². The molecule has 0 bridgehead atoms. The quantitative estimate of drug-likeness (QED) is 0.333. The molecule has 2 heterocycles. The number of likely N-dealkylation sites (tertiary alicyclic amines) is 1. The van der Waals surface area contributed by atoms with Gasteiger partial charge in [-0.05, 0) is 60.3 Å². The van der Waals surface area contributed by atoms with Gasteiger partial charge in [-0.25, -0.2) is 0 Å². The summed E-state index contributed by atoms with van der Waals surface area (Å²) in [5, 5.41) is 11.4. The van der Waals surface area contributed by atoms with Gasteiger partial charge in [0, 0.05) is 25.1 Å². The average Bonchev–Trinajstić information content (AvgIpc) is 3.34. The standard InChI is InChI=1S/C30H38N2O4/c1-7-31(8-2)15-16-32-26(20-9-12-23(13-10-20)30(4,5)6)25(28(34)29(32)35)27(33)21-11-14-24-22(18-21)17-19(3)36-24/h9-14,18-19,26,33H,7-8,15-17H2,1-6H3. The molecule has 6 heteroatoms. The number of Topliss-reactive ketones (excluding diaryl/α,β-unsaturated/α-hetero) is 1. The third-order valence-electron chi connectivity index (χ3n) is 7.35. The third kappa shape index (κ3) is 4.92. The van der Waals surface area contributed by atoms with Crippen LogP contribution in [0.3, 0.4) is 0 Å². The summed E-state index contributed by atoms with van der Waals surface area (Å²) in [7, 11) is 0. The number of ketones is 1. The van der Waals surface area contributed by atoms with E-state index in [1.807, 2.05) is 43.3 Å². The minimum atomic E-state index is -0.641. The summed E-state index contributed by atoms with van der Waals surface area (Å²) in [5.41, 5.74) is 3.64. The molecule has 6 nitrogen and oxygen atoms in total. The first-order valence-corrected chi connectivity index (χ1v) is 13.0. The van der Waals surface area contributed by atoms with Crippen molar-refractivity contribution >= 4 is 17.4 Å². The van der Waals surface area contributed by atoms with E-state index in [-0.39, 0.29) is 22.9 Å². The molecule has 1 amide bonds. The Morgan fingerprint density at radius 1 is 1.08 bits per heavy atom. The molecule has 1 N–H and O–H groups in total. The molecule has 0 aromatic heterocycles. The number of carbonyl (C=O) groups excluding carboxylic acids is 2. The van der Waals surface area contributed by atoms with E-state index in [0.717, 1.165) is 36.4 Å². The number of nitrogens with zero attached hydrogens (tertiary/aromatic N) is 2. The van der Waals surface area contributed by atoms with Crippen LogP contribution >= 0.6 is 0 Å². The first kappa shape index (κ1) is 26.0. The molecule has 2 atom stereocenters. The molecule has 1 fully saturated rings. The molecule has 0 saturated carbocycles. The maximum Gasteiger partial charge on any atom is 0.295 e. The molecule has 0 radical (unpaired) electrons. The van der Waals surface area contributed by atoms with E-state index < -0.39 is 17.7 Å². The molecule has 0 spiro atoms. The van der Waals surface area contributed by atoms with E-state index in [9.17, 15) is 14.7 Å². The molecular weight excluding hydrogens is 452 g/mol. The zero-order valence-corrected chi connectivity index (χ0v) is 22.3. The fraction of sp³-hybridized carbons (Fsp3) is 0.467. The second kappa shape index (κ2) is 10.1. The first-order chi connectivity index (χ1) is 17.0. The van der Waals surface area contributed by atoms with Gasteiger partial charge >= 0.3 is 0 Å².